The number of aliphatic hydroxyl groups excluding tert-OH is 3. The largest absolute Gasteiger partial charge is 0.494 e. The van der Waals surface area contributed by atoms with Crippen molar-refractivity contribution in [2.24, 2.45) is 0 Å². The van der Waals surface area contributed by atoms with Gasteiger partial charge in [0.05, 0.1) is 12.7 Å². The zero-order chi connectivity index (χ0) is 27.2. The molecule has 1 aliphatic heterocycles. The van der Waals surface area contributed by atoms with Gasteiger partial charge in [-0.15, -0.1) is 11.8 Å². The lowest BCUT2D eigenvalue weighted by atomic mass is 9.90. The fraction of sp³-hybridized carbons (Fsp3) is 0.345. The van der Waals surface area contributed by atoms with E-state index in [4.69, 9.17) is 21.1 Å². The molecule has 1 aliphatic rings. The van der Waals surface area contributed by atoms with E-state index in [1.807, 2.05) is 49.4 Å². The maximum Gasteiger partial charge on any atom is 0.221 e. The predicted molar refractivity (Wildman–Crippen MR) is 149 cm³/mol. The normalized spacial score (nSPS) is 23.2. The summed E-state index contributed by atoms with van der Waals surface area (Å²) in [5.74, 6) is 1.01. The number of aliphatic hydroxyl groups is 3. The van der Waals surface area contributed by atoms with Gasteiger partial charge in [-0.3, -0.25) is 4.79 Å². The maximum atomic E-state index is 11.2. The summed E-state index contributed by atoms with van der Waals surface area (Å²) >= 11 is 7.94. The molecule has 9 heteroatoms. The van der Waals surface area contributed by atoms with E-state index >= 15 is 0 Å². The van der Waals surface area contributed by atoms with Gasteiger partial charge in [-0.1, -0.05) is 35.9 Å². The Bertz CT molecular complexity index is 1220. The number of amides is 1. The molecule has 0 bridgehead atoms. The van der Waals surface area contributed by atoms with Crippen LogP contribution in [0.4, 0.5) is 5.69 Å². The van der Waals surface area contributed by atoms with E-state index < -0.39 is 30.5 Å². The maximum absolute atomic E-state index is 11.2. The average molecular weight is 558 g/mol. The second kappa shape index (κ2) is 13.0. The number of anilines is 1. The van der Waals surface area contributed by atoms with E-state index in [1.54, 1.807) is 24.3 Å². The first kappa shape index (κ1) is 28.4. The van der Waals surface area contributed by atoms with Crippen molar-refractivity contribution < 1.29 is 29.6 Å². The van der Waals surface area contributed by atoms with Crippen molar-refractivity contribution in [2.75, 3.05) is 17.7 Å². The first-order valence-corrected chi connectivity index (χ1v) is 13.8. The summed E-state index contributed by atoms with van der Waals surface area (Å²) in [4.78, 5) is 12.1. The average Bonchev–Trinajstić information content (AvgIpc) is 2.90. The molecular formula is C29H32ClNO6S. The van der Waals surface area contributed by atoms with Crippen molar-refractivity contribution in [1.29, 1.82) is 0 Å². The Hall–Kier alpha value is -2.59. The molecule has 0 saturated carbocycles. The Morgan fingerprint density at radius 3 is 2.37 bits per heavy atom. The van der Waals surface area contributed by atoms with Crippen molar-refractivity contribution in [1.82, 2.24) is 0 Å². The summed E-state index contributed by atoms with van der Waals surface area (Å²) in [6, 6.07) is 20.5. The molecule has 1 saturated heterocycles. The van der Waals surface area contributed by atoms with Crippen LogP contribution < -0.4 is 10.1 Å². The Morgan fingerprint density at radius 2 is 1.71 bits per heavy atom. The van der Waals surface area contributed by atoms with Crippen molar-refractivity contribution in [3.05, 3.63) is 88.4 Å². The highest BCUT2D eigenvalue weighted by atomic mass is 35.5. The highest BCUT2D eigenvalue weighted by molar-refractivity contribution is 7.99. The quantitative estimate of drug-likeness (QED) is 0.285. The molecule has 1 heterocycles. The third kappa shape index (κ3) is 7.08. The number of carbonyl (C=O) groups excluding carboxylic acids is 1. The molecule has 5 unspecified atom stereocenters. The third-order valence-corrected chi connectivity index (χ3v) is 7.80. The molecule has 0 aromatic heterocycles. The molecule has 4 N–H and O–H groups in total. The van der Waals surface area contributed by atoms with Crippen LogP contribution in [0.15, 0.2) is 71.6 Å². The smallest absolute Gasteiger partial charge is 0.221 e. The zero-order valence-corrected chi connectivity index (χ0v) is 22.8. The van der Waals surface area contributed by atoms with Gasteiger partial charge in [0, 0.05) is 28.3 Å². The molecule has 3 aromatic rings. The molecule has 3 aromatic carbocycles. The molecule has 0 radical (unpaired) electrons. The molecular weight excluding hydrogens is 526 g/mol. The van der Waals surface area contributed by atoms with Gasteiger partial charge in [0.15, 0.2) is 0 Å². The lowest BCUT2D eigenvalue weighted by molar-refractivity contribution is -0.218. The first-order valence-electron chi connectivity index (χ1n) is 12.4. The fourth-order valence-corrected chi connectivity index (χ4v) is 5.52. The molecule has 7 nitrogen and oxygen atoms in total. The van der Waals surface area contributed by atoms with Gasteiger partial charge in [-0.2, -0.15) is 0 Å². The Labute approximate surface area is 231 Å². The number of thioether (sulfide) groups is 1. The van der Waals surface area contributed by atoms with Gasteiger partial charge in [0.2, 0.25) is 5.91 Å². The number of nitrogens with one attached hydrogen (secondary N) is 1. The summed E-state index contributed by atoms with van der Waals surface area (Å²) in [5.41, 5.74) is 3.27. The minimum absolute atomic E-state index is 0.146. The molecule has 202 valence electrons. The Kier molecular flexibility index (Phi) is 9.70. The van der Waals surface area contributed by atoms with Crippen LogP contribution in [0.25, 0.3) is 0 Å². The molecule has 4 rings (SSSR count). The van der Waals surface area contributed by atoms with Gasteiger partial charge < -0.3 is 30.1 Å². The van der Waals surface area contributed by atoms with Gasteiger partial charge in [-0.25, -0.2) is 0 Å². The highest BCUT2D eigenvalue weighted by Gasteiger charge is 2.44. The van der Waals surface area contributed by atoms with Crippen LogP contribution in [0, 0.1) is 0 Å². The highest BCUT2D eigenvalue weighted by Crippen LogP contribution is 2.36. The second-order valence-electron chi connectivity index (χ2n) is 9.19. The monoisotopic (exact) mass is 557 g/mol. The molecule has 0 spiro atoms. The van der Waals surface area contributed by atoms with E-state index in [-0.39, 0.29) is 5.91 Å². The van der Waals surface area contributed by atoms with Crippen LogP contribution in [-0.4, -0.2) is 58.0 Å². The number of rotatable bonds is 9. The van der Waals surface area contributed by atoms with E-state index in [0.717, 1.165) is 21.8 Å². The molecule has 5 atom stereocenters. The molecule has 1 fully saturated rings. The number of carbonyl (C=O) groups is 1. The van der Waals surface area contributed by atoms with E-state index in [0.29, 0.717) is 35.1 Å². The van der Waals surface area contributed by atoms with Crippen LogP contribution in [0.1, 0.15) is 36.6 Å². The number of hydrogen-bond acceptors (Lipinski definition) is 7. The lowest BCUT2D eigenvalue weighted by Crippen LogP contribution is -2.54. The SMILES string of the molecule is CCOc1ccc(Cc2cc(C3OC(CSc4ccc(NC(C)=O)cc4)C(O)C(O)C3O)ccc2Cl)cc1. The standard InChI is InChI=1S/C29H32ClNO6S/c1-3-36-22-9-4-18(5-10-22)14-20-15-19(6-13-24(20)30)29-28(35)27(34)26(33)25(37-29)16-38-23-11-7-21(8-12-23)31-17(2)32/h4-13,15,25-29,33-35H,3,14,16H2,1-2H3,(H,31,32). The summed E-state index contributed by atoms with van der Waals surface area (Å²) < 4.78 is 11.7. The van der Waals surface area contributed by atoms with Crippen molar-refractivity contribution >= 4 is 35.0 Å². The molecule has 0 aliphatic carbocycles. The van der Waals surface area contributed by atoms with Gasteiger partial charge in [0.1, 0.15) is 30.2 Å². The van der Waals surface area contributed by atoms with Gasteiger partial charge >= 0.3 is 0 Å². The zero-order valence-electron chi connectivity index (χ0n) is 21.2. The van der Waals surface area contributed by atoms with Crippen LogP contribution in [0.2, 0.25) is 5.02 Å². The minimum atomic E-state index is -1.37. The molecule has 38 heavy (non-hydrogen) atoms. The van der Waals surface area contributed by atoms with Gasteiger partial charge in [0.25, 0.3) is 0 Å². The summed E-state index contributed by atoms with van der Waals surface area (Å²) in [5, 5.41) is 35.3. The van der Waals surface area contributed by atoms with Crippen LogP contribution >= 0.6 is 23.4 Å². The third-order valence-electron chi connectivity index (χ3n) is 6.33. The van der Waals surface area contributed by atoms with Crippen molar-refractivity contribution in [3.63, 3.8) is 0 Å². The number of benzene rings is 3. The Morgan fingerprint density at radius 1 is 1.00 bits per heavy atom. The van der Waals surface area contributed by atoms with E-state index in [1.165, 1.54) is 18.7 Å². The second-order valence-corrected chi connectivity index (χ2v) is 10.7. The predicted octanol–water partition coefficient (Wildman–Crippen LogP) is 4.60. The summed E-state index contributed by atoms with van der Waals surface area (Å²) in [7, 11) is 0. The van der Waals surface area contributed by atoms with Crippen LogP contribution in [0.5, 0.6) is 5.75 Å². The summed E-state index contributed by atoms with van der Waals surface area (Å²) in [6.45, 7) is 3.99. The fourth-order valence-electron chi connectivity index (χ4n) is 4.38. The Balaban J connectivity index is 1.46. The topological polar surface area (TPSA) is 108 Å². The summed E-state index contributed by atoms with van der Waals surface area (Å²) in [6.07, 6.45) is -4.90. The van der Waals surface area contributed by atoms with Crippen molar-refractivity contribution in [2.45, 2.75) is 55.7 Å². The number of ether oxygens (including phenoxy) is 2. The number of hydrogen-bond donors (Lipinski definition) is 4. The van der Waals surface area contributed by atoms with Crippen LogP contribution in [-0.2, 0) is 16.0 Å². The van der Waals surface area contributed by atoms with Gasteiger partial charge in [-0.05, 0) is 72.5 Å². The number of halogens is 1. The van der Waals surface area contributed by atoms with E-state index in [9.17, 15) is 20.1 Å². The lowest BCUT2D eigenvalue weighted by Gasteiger charge is -2.41. The minimum Gasteiger partial charge on any atom is -0.494 e. The van der Waals surface area contributed by atoms with Crippen molar-refractivity contribution in [3.8, 4) is 5.75 Å². The molecule has 1 amide bonds. The first-order chi connectivity index (χ1) is 18.2. The van der Waals surface area contributed by atoms with E-state index in [2.05, 4.69) is 5.32 Å². The van der Waals surface area contributed by atoms with Crippen LogP contribution in [0.3, 0.4) is 0 Å².